The third kappa shape index (κ3) is 2.80. The molecular weight excluding hydrogens is 388 g/mol. The van der Waals surface area contributed by atoms with Crippen molar-refractivity contribution in [2.24, 2.45) is 52.3 Å². The van der Waals surface area contributed by atoms with Crippen molar-refractivity contribution in [1.29, 1.82) is 0 Å². The van der Waals surface area contributed by atoms with Gasteiger partial charge in [-0.3, -0.25) is 0 Å². The fourth-order valence-electron chi connectivity index (χ4n) is 10.3. The van der Waals surface area contributed by atoms with Crippen molar-refractivity contribution in [3.8, 4) is 0 Å². The van der Waals surface area contributed by atoms with Crippen molar-refractivity contribution >= 4 is 0 Å². The first-order valence-electron chi connectivity index (χ1n) is 13.4. The molecule has 4 heteroatoms. The minimum atomic E-state index is -0.338. The number of hydrogen-bond donors (Lipinski definition) is 2. The molecule has 2 heterocycles. The summed E-state index contributed by atoms with van der Waals surface area (Å²) in [6.07, 6.45) is 9.58. The Morgan fingerprint density at radius 2 is 1.58 bits per heavy atom. The molecule has 6 fully saturated rings. The van der Waals surface area contributed by atoms with Gasteiger partial charge in [-0.25, -0.2) is 0 Å². The third-order valence-electron chi connectivity index (χ3n) is 11.9. The van der Waals surface area contributed by atoms with Crippen LogP contribution in [0.3, 0.4) is 0 Å². The van der Waals surface area contributed by atoms with Gasteiger partial charge in [-0.05, 0) is 97.7 Å². The minimum absolute atomic E-state index is 0.191. The normalized spacial score (nSPS) is 63.3. The molecule has 0 bridgehead atoms. The van der Waals surface area contributed by atoms with Crippen LogP contribution in [-0.2, 0) is 9.47 Å². The minimum Gasteiger partial charge on any atom is -0.393 e. The van der Waals surface area contributed by atoms with Crippen LogP contribution in [-0.4, -0.2) is 40.9 Å². The lowest BCUT2D eigenvalue weighted by Gasteiger charge is -2.62. The first-order chi connectivity index (χ1) is 14.7. The lowest BCUT2D eigenvalue weighted by molar-refractivity contribution is -0.273. The van der Waals surface area contributed by atoms with Gasteiger partial charge in [0.25, 0.3) is 0 Å². The highest BCUT2D eigenvalue weighted by molar-refractivity contribution is 5.16. The van der Waals surface area contributed by atoms with Gasteiger partial charge in [0.2, 0.25) is 0 Å². The molecule has 2 aliphatic heterocycles. The zero-order chi connectivity index (χ0) is 21.8. The van der Waals surface area contributed by atoms with Gasteiger partial charge in [0, 0.05) is 12.3 Å². The summed E-state index contributed by atoms with van der Waals surface area (Å²) in [5.74, 6) is 3.58. The maximum atomic E-state index is 11.2. The molecule has 2 saturated heterocycles. The number of ether oxygens (including phenoxy) is 2. The van der Waals surface area contributed by atoms with E-state index in [9.17, 15) is 10.2 Å². The van der Waals surface area contributed by atoms with Crippen molar-refractivity contribution < 1.29 is 19.7 Å². The van der Waals surface area contributed by atoms with Crippen LogP contribution in [0.25, 0.3) is 0 Å². The summed E-state index contributed by atoms with van der Waals surface area (Å²) in [7, 11) is 0. The predicted molar refractivity (Wildman–Crippen MR) is 119 cm³/mol. The Labute approximate surface area is 188 Å². The van der Waals surface area contributed by atoms with E-state index < -0.39 is 0 Å². The van der Waals surface area contributed by atoms with E-state index in [4.69, 9.17) is 9.47 Å². The molecule has 176 valence electrons. The van der Waals surface area contributed by atoms with Crippen molar-refractivity contribution in [3.63, 3.8) is 0 Å². The van der Waals surface area contributed by atoms with Crippen LogP contribution < -0.4 is 0 Å². The van der Waals surface area contributed by atoms with Crippen LogP contribution in [0.5, 0.6) is 0 Å². The molecule has 6 aliphatic rings. The van der Waals surface area contributed by atoms with Crippen LogP contribution in [0.2, 0.25) is 0 Å². The number of fused-ring (bicyclic) bond motifs is 7. The molecule has 0 aromatic carbocycles. The van der Waals surface area contributed by atoms with E-state index in [1.54, 1.807) is 0 Å². The Morgan fingerprint density at radius 3 is 2.32 bits per heavy atom. The van der Waals surface area contributed by atoms with Crippen molar-refractivity contribution in [3.05, 3.63) is 0 Å². The fourth-order valence-corrected chi connectivity index (χ4v) is 10.3. The number of rotatable bonds is 0. The van der Waals surface area contributed by atoms with Gasteiger partial charge in [-0.2, -0.15) is 0 Å². The lowest BCUT2D eigenvalue weighted by Crippen LogP contribution is -2.58. The van der Waals surface area contributed by atoms with Crippen LogP contribution in [0.15, 0.2) is 0 Å². The number of aliphatic hydroxyl groups excluding tert-OH is 2. The summed E-state index contributed by atoms with van der Waals surface area (Å²) in [5, 5.41) is 21.5. The zero-order valence-electron chi connectivity index (χ0n) is 20.1. The molecule has 31 heavy (non-hydrogen) atoms. The lowest BCUT2D eigenvalue weighted by atomic mass is 9.43. The first-order valence-corrected chi connectivity index (χ1v) is 13.4. The van der Waals surface area contributed by atoms with Crippen LogP contribution in [0, 0.1) is 52.3 Å². The van der Waals surface area contributed by atoms with Gasteiger partial charge in [-0.1, -0.05) is 27.7 Å². The highest BCUT2D eigenvalue weighted by atomic mass is 16.7. The van der Waals surface area contributed by atoms with E-state index in [1.807, 2.05) is 0 Å². The number of aliphatic hydroxyl groups is 2. The van der Waals surface area contributed by atoms with Gasteiger partial charge in [0.15, 0.2) is 5.79 Å². The van der Waals surface area contributed by atoms with Gasteiger partial charge in [0.1, 0.15) is 0 Å². The highest BCUT2D eigenvalue weighted by Crippen LogP contribution is 2.71. The topological polar surface area (TPSA) is 58.9 Å². The third-order valence-corrected chi connectivity index (χ3v) is 11.9. The zero-order valence-corrected chi connectivity index (χ0v) is 20.1. The molecule has 2 N–H and O–H groups in total. The summed E-state index contributed by atoms with van der Waals surface area (Å²) in [5.41, 5.74) is 0.495. The maximum absolute atomic E-state index is 11.2. The molecular formula is C27H44O4. The summed E-state index contributed by atoms with van der Waals surface area (Å²) >= 11 is 0. The van der Waals surface area contributed by atoms with Crippen LogP contribution >= 0.6 is 0 Å². The first kappa shape index (κ1) is 21.4. The molecule has 4 nitrogen and oxygen atoms in total. The predicted octanol–water partition coefficient (Wildman–Crippen LogP) is 4.76. The second kappa shape index (κ2) is 6.93. The Balaban J connectivity index is 1.28. The average molecular weight is 433 g/mol. The second-order valence-corrected chi connectivity index (χ2v) is 13.2. The molecule has 0 aromatic heterocycles. The molecule has 0 radical (unpaired) electrons. The molecule has 6 rings (SSSR count). The summed E-state index contributed by atoms with van der Waals surface area (Å²) in [6.45, 7) is 10.6. The average Bonchev–Trinajstić information content (AvgIpc) is 3.17. The molecule has 4 aliphatic carbocycles. The molecule has 4 saturated carbocycles. The maximum Gasteiger partial charge on any atom is 0.171 e. The van der Waals surface area contributed by atoms with E-state index in [-0.39, 0.29) is 29.3 Å². The van der Waals surface area contributed by atoms with Crippen LogP contribution in [0.1, 0.15) is 85.5 Å². The Hall–Kier alpha value is -0.160. The Morgan fingerprint density at radius 1 is 0.806 bits per heavy atom. The SMILES string of the molecule is CC1CC[C@@]2(OC1)O[C@H]1C[C@H]3[C@@H]4C[C@H](O)[C@@H]5C[C@@H](O)CC[C@]5(C)[C@H]4CC[C@]3(C)[C@H]1[C@@H]2C. The van der Waals surface area contributed by atoms with Gasteiger partial charge in [0.05, 0.1) is 24.9 Å². The van der Waals surface area contributed by atoms with Crippen molar-refractivity contribution in [2.75, 3.05) is 6.61 Å². The molecule has 0 aromatic rings. The van der Waals surface area contributed by atoms with Crippen LogP contribution in [0.4, 0.5) is 0 Å². The molecule has 0 amide bonds. The second-order valence-electron chi connectivity index (χ2n) is 13.2. The van der Waals surface area contributed by atoms with E-state index in [0.29, 0.717) is 47.0 Å². The summed E-state index contributed by atoms with van der Waals surface area (Å²) in [6, 6.07) is 0. The standard InChI is InChI=1S/C27H44O4/c1-15-5-10-27(30-14-15)16(2)24-23(31-27)13-20-18-12-22(29)21-11-17(28)6-8-25(21,3)19(18)7-9-26(20,24)4/h15-24,28-29H,5-14H2,1-4H3/t15?,16-,17-,18+,19-,20-,21-,22-,23-,24-,25+,26-,27+/m0/s1. The van der Waals surface area contributed by atoms with E-state index >= 15 is 0 Å². The smallest absolute Gasteiger partial charge is 0.171 e. The quantitative estimate of drug-likeness (QED) is 0.579. The summed E-state index contributed by atoms with van der Waals surface area (Å²) < 4.78 is 13.3. The van der Waals surface area contributed by atoms with Crippen molar-refractivity contribution in [1.82, 2.24) is 0 Å². The van der Waals surface area contributed by atoms with Gasteiger partial charge in [-0.15, -0.1) is 0 Å². The Kier molecular flexibility index (Phi) is 4.78. The van der Waals surface area contributed by atoms with E-state index in [1.165, 1.54) is 19.3 Å². The number of hydrogen-bond acceptors (Lipinski definition) is 4. The van der Waals surface area contributed by atoms with Gasteiger partial charge >= 0.3 is 0 Å². The molecule has 13 atom stereocenters. The monoisotopic (exact) mass is 432 g/mol. The van der Waals surface area contributed by atoms with E-state index in [2.05, 4.69) is 27.7 Å². The van der Waals surface area contributed by atoms with Crippen molar-refractivity contribution in [2.45, 2.75) is 110 Å². The largest absolute Gasteiger partial charge is 0.393 e. The van der Waals surface area contributed by atoms with E-state index in [0.717, 1.165) is 45.1 Å². The summed E-state index contributed by atoms with van der Waals surface area (Å²) in [4.78, 5) is 0. The van der Waals surface area contributed by atoms with Gasteiger partial charge < -0.3 is 19.7 Å². The molecule has 1 unspecified atom stereocenters. The highest BCUT2D eigenvalue weighted by Gasteiger charge is 2.69. The Bertz CT molecular complexity index is 716. The molecule has 1 spiro atoms. The fraction of sp³-hybridized carbons (Fsp3) is 1.00.